The third kappa shape index (κ3) is 1.77. The average Bonchev–Trinajstić information content (AvgIpc) is 2.62. The van der Waals surface area contributed by atoms with Crippen molar-refractivity contribution in [3.8, 4) is 0 Å². The van der Waals surface area contributed by atoms with E-state index in [1.165, 1.54) is 12.8 Å². The molecule has 0 saturated carbocycles. The van der Waals surface area contributed by atoms with Gasteiger partial charge >= 0.3 is 0 Å². The third-order valence-corrected chi connectivity index (χ3v) is 2.90. The molecule has 2 heterocycles. The van der Waals surface area contributed by atoms with E-state index in [1.807, 2.05) is 0 Å². The van der Waals surface area contributed by atoms with E-state index >= 15 is 0 Å². The fourth-order valence-corrected chi connectivity index (χ4v) is 2.19. The molecule has 3 heteroatoms. The van der Waals surface area contributed by atoms with E-state index in [2.05, 4.69) is 10.2 Å². The highest BCUT2D eigenvalue weighted by Crippen LogP contribution is 2.22. The lowest BCUT2D eigenvalue weighted by molar-refractivity contribution is 0.124. The average molecular weight is 172 g/mol. The number of nitrogens with zero attached hydrogens (tertiary/aromatic N) is 1. The van der Waals surface area contributed by atoms with Gasteiger partial charge in [-0.05, 0) is 38.9 Å². The zero-order valence-electron chi connectivity index (χ0n) is 7.48. The second kappa shape index (κ2) is 3.30. The molecule has 0 aromatic carbocycles. The van der Waals surface area contributed by atoms with Crippen LogP contribution >= 0.6 is 0 Å². The zero-order valence-corrected chi connectivity index (χ0v) is 7.48. The maximum absolute atomic E-state index is 13.9. The van der Waals surface area contributed by atoms with Crippen LogP contribution in [0.3, 0.4) is 0 Å². The van der Waals surface area contributed by atoms with Crippen molar-refractivity contribution >= 4 is 0 Å². The maximum atomic E-state index is 13.9. The molecule has 0 aromatic rings. The Morgan fingerprint density at radius 3 is 2.67 bits per heavy atom. The molecule has 2 saturated heterocycles. The molecule has 2 aliphatic rings. The highest BCUT2D eigenvalue weighted by molar-refractivity contribution is 4.91. The number of nitrogens with one attached hydrogen (secondary N) is 1. The fraction of sp³-hybridized carbons (Fsp3) is 1.00. The lowest BCUT2D eigenvalue weighted by atomic mass is 10.1. The molecule has 0 aromatic heterocycles. The summed E-state index contributed by atoms with van der Waals surface area (Å²) < 4.78 is 13.9. The molecular formula is C9H17FN2. The van der Waals surface area contributed by atoms with Crippen LogP contribution in [0.1, 0.15) is 19.3 Å². The summed E-state index contributed by atoms with van der Waals surface area (Å²) in [6.45, 7) is 4.27. The number of hydrogen-bond acceptors (Lipinski definition) is 2. The Morgan fingerprint density at radius 1 is 1.33 bits per heavy atom. The maximum Gasteiger partial charge on any atom is 0.137 e. The summed E-state index contributed by atoms with van der Waals surface area (Å²) in [5, 5.41) is 3.09. The van der Waals surface area contributed by atoms with Crippen LogP contribution in [0.25, 0.3) is 0 Å². The first-order valence-corrected chi connectivity index (χ1v) is 4.91. The molecule has 1 unspecified atom stereocenters. The van der Waals surface area contributed by atoms with Gasteiger partial charge in [0.15, 0.2) is 0 Å². The minimum atomic E-state index is -0.926. The molecule has 12 heavy (non-hydrogen) atoms. The van der Waals surface area contributed by atoms with Crippen molar-refractivity contribution in [2.75, 3.05) is 32.7 Å². The first kappa shape index (κ1) is 8.45. The van der Waals surface area contributed by atoms with Crippen molar-refractivity contribution in [2.45, 2.75) is 24.9 Å². The number of rotatable bonds is 2. The van der Waals surface area contributed by atoms with Gasteiger partial charge in [0.05, 0.1) is 0 Å². The van der Waals surface area contributed by atoms with Crippen molar-refractivity contribution in [3.05, 3.63) is 0 Å². The summed E-state index contributed by atoms with van der Waals surface area (Å²) >= 11 is 0. The molecule has 70 valence electrons. The summed E-state index contributed by atoms with van der Waals surface area (Å²) in [6.07, 6.45) is 3.20. The van der Waals surface area contributed by atoms with Crippen molar-refractivity contribution in [1.82, 2.24) is 10.2 Å². The first-order chi connectivity index (χ1) is 5.79. The number of halogens is 1. The minimum Gasteiger partial charge on any atom is -0.313 e. The van der Waals surface area contributed by atoms with Crippen LogP contribution in [0, 0.1) is 0 Å². The highest BCUT2D eigenvalue weighted by atomic mass is 19.1. The summed E-state index contributed by atoms with van der Waals surface area (Å²) in [5.41, 5.74) is -0.926. The lowest BCUT2D eigenvalue weighted by Crippen LogP contribution is -2.40. The van der Waals surface area contributed by atoms with Gasteiger partial charge in [0, 0.05) is 13.1 Å². The molecule has 0 bridgehead atoms. The van der Waals surface area contributed by atoms with Crippen LogP contribution in [0.2, 0.25) is 0 Å². The predicted octanol–water partition coefficient (Wildman–Crippen LogP) is 0.784. The van der Waals surface area contributed by atoms with Gasteiger partial charge in [-0.3, -0.25) is 0 Å². The van der Waals surface area contributed by atoms with Crippen molar-refractivity contribution in [3.63, 3.8) is 0 Å². The van der Waals surface area contributed by atoms with E-state index in [9.17, 15) is 4.39 Å². The van der Waals surface area contributed by atoms with Crippen LogP contribution in [-0.4, -0.2) is 43.3 Å². The molecule has 0 amide bonds. The molecule has 1 N–H and O–H groups in total. The van der Waals surface area contributed by atoms with Crippen molar-refractivity contribution in [1.29, 1.82) is 0 Å². The van der Waals surface area contributed by atoms with Gasteiger partial charge in [0.1, 0.15) is 5.67 Å². The van der Waals surface area contributed by atoms with Crippen LogP contribution in [-0.2, 0) is 0 Å². The molecule has 1 atom stereocenters. The van der Waals surface area contributed by atoms with Crippen LogP contribution < -0.4 is 5.32 Å². The van der Waals surface area contributed by atoms with Gasteiger partial charge in [-0.15, -0.1) is 0 Å². The molecule has 2 nitrogen and oxygen atoms in total. The van der Waals surface area contributed by atoms with Crippen molar-refractivity contribution < 1.29 is 4.39 Å². The van der Waals surface area contributed by atoms with Gasteiger partial charge in [-0.2, -0.15) is 0 Å². The lowest BCUT2D eigenvalue weighted by Gasteiger charge is -2.24. The Balaban J connectivity index is 1.83. The van der Waals surface area contributed by atoms with Crippen LogP contribution in [0.15, 0.2) is 0 Å². The topological polar surface area (TPSA) is 15.3 Å². The molecular weight excluding hydrogens is 155 g/mol. The number of likely N-dealkylation sites (tertiary alicyclic amines) is 1. The minimum absolute atomic E-state index is 0.559. The summed E-state index contributed by atoms with van der Waals surface area (Å²) in [5.74, 6) is 0. The van der Waals surface area contributed by atoms with Gasteiger partial charge in [0.2, 0.25) is 0 Å². The normalized spacial score (nSPS) is 37.8. The zero-order chi connectivity index (χ0) is 8.44. The monoisotopic (exact) mass is 172 g/mol. The van der Waals surface area contributed by atoms with Crippen molar-refractivity contribution in [2.24, 2.45) is 0 Å². The largest absolute Gasteiger partial charge is 0.313 e. The second-order valence-corrected chi connectivity index (χ2v) is 4.06. The Hall–Kier alpha value is -0.150. The Bertz CT molecular complexity index is 149. The van der Waals surface area contributed by atoms with Crippen LogP contribution in [0.5, 0.6) is 0 Å². The van der Waals surface area contributed by atoms with E-state index < -0.39 is 5.67 Å². The summed E-state index contributed by atoms with van der Waals surface area (Å²) in [6, 6.07) is 0. The quantitative estimate of drug-likeness (QED) is 0.662. The Labute approximate surface area is 73.1 Å². The fourth-order valence-electron chi connectivity index (χ4n) is 2.19. The number of alkyl halides is 1. The van der Waals surface area contributed by atoms with E-state index in [-0.39, 0.29) is 0 Å². The second-order valence-electron chi connectivity index (χ2n) is 4.06. The molecule has 0 spiro atoms. The molecule has 0 radical (unpaired) electrons. The van der Waals surface area contributed by atoms with Crippen LogP contribution in [0.4, 0.5) is 4.39 Å². The van der Waals surface area contributed by atoms with Gasteiger partial charge < -0.3 is 10.2 Å². The summed E-state index contributed by atoms with van der Waals surface area (Å²) in [7, 11) is 0. The smallest absolute Gasteiger partial charge is 0.137 e. The third-order valence-electron chi connectivity index (χ3n) is 2.90. The van der Waals surface area contributed by atoms with Gasteiger partial charge in [-0.1, -0.05) is 0 Å². The molecule has 2 rings (SSSR count). The van der Waals surface area contributed by atoms with Gasteiger partial charge in [-0.25, -0.2) is 4.39 Å². The molecule has 2 aliphatic heterocycles. The predicted molar refractivity (Wildman–Crippen MR) is 47.0 cm³/mol. The van der Waals surface area contributed by atoms with Gasteiger partial charge in [0.25, 0.3) is 0 Å². The Morgan fingerprint density at radius 2 is 2.08 bits per heavy atom. The standard InChI is InChI=1S/C9H17FN2/c10-9(3-4-11-7-9)8-12-5-1-2-6-12/h11H,1-8H2. The highest BCUT2D eigenvalue weighted by Gasteiger charge is 2.35. The van der Waals surface area contributed by atoms with E-state index in [4.69, 9.17) is 0 Å². The SMILES string of the molecule is FC1(CN2CCCC2)CCNC1. The van der Waals surface area contributed by atoms with E-state index in [0.717, 1.165) is 19.6 Å². The number of hydrogen-bond donors (Lipinski definition) is 1. The Kier molecular flexibility index (Phi) is 2.33. The first-order valence-electron chi connectivity index (χ1n) is 4.91. The van der Waals surface area contributed by atoms with E-state index in [0.29, 0.717) is 19.5 Å². The summed E-state index contributed by atoms with van der Waals surface area (Å²) in [4.78, 5) is 2.26. The van der Waals surface area contributed by atoms with E-state index in [1.54, 1.807) is 0 Å². The molecule has 2 fully saturated rings. The molecule has 0 aliphatic carbocycles.